The van der Waals surface area contributed by atoms with E-state index < -0.39 is 0 Å². The van der Waals surface area contributed by atoms with Gasteiger partial charge in [0.2, 0.25) is 0 Å². The van der Waals surface area contributed by atoms with Crippen LogP contribution in [0.1, 0.15) is 12.1 Å². The van der Waals surface area contributed by atoms with Gasteiger partial charge in [-0.1, -0.05) is 0 Å². The van der Waals surface area contributed by atoms with Crippen LogP contribution in [-0.2, 0) is 0 Å². The molecule has 1 aliphatic rings. The molecule has 2 heterocycles. The topological polar surface area (TPSA) is 52.0 Å². The zero-order valence-electron chi connectivity index (χ0n) is 9.48. The third-order valence-corrected chi connectivity index (χ3v) is 3.01. The molecule has 0 radical (unpaired) electrons. The standard InChI is InChI=1S/C12H16N4/c1-14-7-10-4-5-16(9-10)12-3-2-11(6-13)15-8-12/h2-3,8,10,14H,4-5,7,9H2,1H3. The minimum atomic E-state index is 0.481. The molecule has 2 rings (SSSR count). The highest BCUT2D eigenvalue weighted by Gasteiger charge is 2.21. The first-order valence-electron chi connectivity index (χ1n) is 5.59. The zero-order valence-corrected chi connectivity index (χ0v) is 9.48. The van der Waals surface area contributed by atoms with Gasteiger partial charge in [0, 0.05) is 13.1 Å². The molecule has 4 nitrogen and oxygen atoms in total. The van der Waals surface area contributed by atoms with E-state index in [1.54, 1.807) is 12.3 Å². The normalized spacial score (nSPS) is 19.8. The summed E-state index contributed by atoms with van der Waals surface area (Å²) in [6, 6.07) is 5.79. The lowest BCUT2D eigenvalue weighted by Gasteiger charge is -2.18. The quantitative estimate of drug-likeness (QED) is 0.819. The van der Waals surface area contributed by atoms with Gasteiger partial charge in [0.25, 0.3) is 0 Å². The Morgan fingerprint density at radius 1 is 1.62 bits per heavy atom. The summed E-state index contributed by atoms with van der Waals surface area (Å²) in [6.45, 7) is 3.23. The summed E-state index contributed by atoms with van der Waals surface area (Å²) in [4.78, 5) is 6.42. The molecule has 1 aliphatic heterocycles. The third-order valence-electron chi connectivity index (χ3n) is 3.01. The minimum Gasteiger partial charge on any atom is -0.370 e. The minimum absolute atomic E-state index is 0.481. The van der Waals surface area contributed by atoms with Crippen LogP contribution in [0.5, 0.6) is 0 Å². The van der Waals surface area contributed by atoms with Crippen LogP contribution in [0.3, 0.4) is 0 Å². The molecular weight excluding hydrogens is 200 g/mol. The molecule has 1 unspecified atom stereocenters. The number of pyridine rings is 1. The molecule has 84 valence electrons. The molecule has 1 aromatic rings. The molecule has 0 aliphatic carbocycles. The van der Waals surface area contributed by atoms with Gasteiger partial charge in [-0.15, -0.1) is 0 Å². The first-order chi connectivity index (χ1) is 7.83. The lowest BCUT2D eigenvalue weighted by molar-refractivity contribution is 0.549. The summed E-state index contributed by atoms with van der Waals surface area (Å²) in [6.07, 6.45) is 3.02. The van der Waals surface area contributed by atoms with E-state index in [4.69, 9.17) is 5.26 Å². The lowest BCUT2D eigenvalue weighted by Crippen LogP contribution is -2.24. The van der Waals surface area contributed by atoms with E-state index in [0.29, 0.717) is 5.69 Å². The zero-order chi connectivity index (χ0) is 11.4. The van der Waals surface area contributed by atoms with Gasteiger partial charge < -0.3 is 10.2 Å². The maximum atomic E-state index is 8.67. The molecule has 0 amide bonds. The Labute approximate surface area is 95.9 Å². The maximum Gasteiger partial charge on any atom is 0.140 e. The van der Waals surface area contributed by atoms with Crippen molar-refractivity contribution in [2.45, 2.75) is 6.42 Å². The van der Waals surface area contributed by atoms with Crippen LogP contribution in [-0.4, -0.2) is 31.7 Å². The lowest BCUT2D eigenvalue weighted by atomic mass is 10.1. The summed E-state index contributed by atoms with van der Waals surface area (Å²) < 4.78 is 0. The molecule has 1 aromatic heterocycles. The summed E-state index contributed by atoms with van der Waals surface area (Å²) in [7, 11) is 1.99. The molecule has 1 atom stereocenters. The highest BCUT2D eigenvalue weighted by atomic mass is 15.2. The van der Waals surface area contributed by atoms with E-state index in [9.17, 15) is 0 Å². The van der Waals surface area contributed by atoms with E-state index in [1.807, 2.05) is 19.2 Å². The average molecular weight is 216 g/mol. The number of hydrogen-bond donors (Lipinski definition) is 1. The molecule has 1 saturated heterocycles. The second-order valence-electron chi connectivity index (χ2n) is 4.17. The molecule has 0 aromatic carbocycles. The van der Waals surface area contributed by atoms with E-state index in [2.05, 4.69) is 15.2 Å². The monoisotopic (exact) mass is 216 g/mol. The van der Waals surface area contributed by atoms with Crippen molar-refractivity contribution in [3.8, 4) is 6.07 Å². The largest absolute Gasteiger partial charge is 0.370 e. The van der Waals surface area contributed by atoms with Crippen LogP contribution in [0, 0.1) is 17.2 Å². The number of anilines is 1. The third kappa shape index (κ3) is 2.31. The molecular formula is C12H16N4. The number of nitriles is 1. The van der Waals surface area contributed by atoms with Crippen molar-refractivity contribution >= 4 is 5.69 Å². The SMILES string of the molecule is CNCC1CCN(c2ccc(C#N)nc2)C1. The van der Waals surface area contributed by atoms with Crippen molar-refractivity contribution in [2.75, 3.05) is 31.6 Å². The fourth-order valence-electron chi connectivity index (χ4n) is 2.16. The van der Waals surface area contributed by atoms with Crippen molar-refractivity contribution in [3.05, 3.63) is 24.0 Å². The van der Waals surface area contributed by atoms with Crippen LogP contribution >= 0.6 is 0 Å². The summed E-state index contributed by atoms with van der Waals surface area (Å²) >= 11 is 0. The van der Waals surface area contributed by atoms with Gasteiger partial charge in [-0.3, -0.25) is 0 Å². The van der Waals surface area contributed by atoms with Crippen LogP contribution < -0.4 is 10.2 Å². The molecule has 1 fully saturated rings. The Kier molecular flexibility index (Phi) is 3.37. The number of nitrogens with zero attached hydrogens (tertiary/aromatic N) is 3. The van der Waals surface area contributed by atoms with E-state index in [1.165, 1.54) is 6.42 Å². The van der Waals surface area contributed by atoms with Gasteiger partial charge in [0.05, 0.1) is 11.9 Å². The first-order valence-corrected chi connectivity index (χ1v) is 5.59. The van der Waals surface area contributed by atoms with Crippen LogP contribution in [0.2, 0.25) is 0 Å². The highest BCUT2D eigenvalue weighted by Crippen LogP contribution is 2.22. The van der Waals surface area contributed by atoms with E-state index >= 15 is 0 Å². The van der Waals surface area contributed by atoms with Gasteiger partial charge in [-0.2, -0.15) is 5.26 Å². The smallest absolute Gasteiger partial charge is 0.140 e. The number of aromatic nitrogens is 1. The van der Waals surface area contributed by atoms with Gasteiger partial charge in [0.15, 0.2) is 0 Å². The maximum absolute atomic E-state index is 8.67. The Balaban J connectivity index is 2.00. The average Bonchev–Trinajstić information content (AvgIpc) is 2.78. The molecule has 1 N–H and O–H groups in total. The number of hydrogen-bond acceptors (Lipinski definition) is 4. The second kappa shape index (κ2) is 4.95. The molecule has 0 saturated carbocycles. The Morgan fingerprint density at radius 3 is 3.12 bits per heavy atom. The fraction of sp³-hybridized carbons (Fsp3) is 0.500. The van der Waals surface area contributed by atoms with Crippen LogP contribution in [0.15, 0.2) is 18.3 Å². The Morgan fingerprint density at radius 2 is 2.50 bits per heavy atom. The fourth-order valence-corrected chi connectivity index (χ4v) is 2.16. The van der Waals surface area contributed by atoms with Crippen molar-refractivity contribution in [1.29, 1.82) is 5.26 Å². The number of rotatable bonds is 3. The van der Waals surface area contributed by atoms with Crippen molar-refractivity contribution in [3.63, 3.8) is 0 Å². The number of nitrogens with one attached hydrogen (secondary N) is 1. The van der Waals surface area contributed by atoms with Gasteiger partial charge >= 0.3 is 0 Å². The Hall–Kier alpha value is -1.60. The highest BCUT2D eigenvalue weighted by molar-refractivity contribution is 5.46. The first kappa shape index (κ1) is 10.9. The van der Waals surface area contributed by atoms with Crippen molar-refractivity contribution in [1.82, 2.24) is 10.3 Å². The molecule has 16 heavy (non-hydrogen) atoms. The Bertz CT molecular complexity index is 379. The van der Waals surface area contributed by atoms with Crippen LogP contribution in [0.4, 0.5) is 5.69 Å². The van der Waals surface area contributed by atoms with Crippen molar-refractivity contribution < 1.29 is 0 Å². The summed E-state index contributed by atoms with van der Waals surface area (Å²) in [5.74, 6) is 0.723. The summed E-state index contributed by atoms with van der Waals surface area (Å²) in [5, 5.41) is 11.9. The predicted molar refractivity (Wildman–Crippen MR) is 63.2 cm³/mol. The van der Waals surface area contributed by atoms with E-state index in [0.717, 1.165) is 31.2 Å². The second-order valence-corrected chi connectivity index (χ2v) is 4.17. The molecule has 4 heteroatoms. The molecule has 0 bridgehead atoms. The van der Waals surface area contributed by atoms with Crippen molar-refractivity contribution in [2.24, 2.45) is 5.92 Å². The predicted octanol–water partition coefficient (Wildman–Crippen LogP) is 0.999. The molecule has 0 spiro atoms. The van der Waals surface area contributed by atoms with Gasteiger partial charge in [-0.05, 0) is 38.1 Å². The van der Waals surface area contributed by atoms with Gasteiger partial charge in [0.1, 0.15) is 11.8 Å². The van der Waals surface area contributed by atoms with Crippen LogP contribution in [0.25, 0.3) is 0 Å². The van der Waals surface area contributed by atoms with E-state index in [-0.39, 0.29) is 0 Å². The summed E-state index contributed by atoms with van der Waals surface area (Å²) in [5.41, 5.74) is 1.60. The van der Waals surface area contributed by atoms with Gasteiger partial charge in [-0.25, -0.2) is 4.98 Å².